The maximum atomic E-state index is 13.0. The predicted molar refractivity (Wildman–Crippen MR) is 119 cm³/mol. The molecule has 1 aromatic heterocycles. The highest BCUT2D eigenvalue weighted by atomic mass is 16.5. The van der Waals surface area contributed by atoms with E-state index in [0.29, 0.717) is 62.6 Å². The molecular formula is C21H30N6O3. The standard InChI is InChI=1S/C21H30N6O3/c1-25(2)17-7-5-6-16(14-17)22-20(28)18-15-19(26(3)8-11-29-4)24-21(23-18)27-9-12-30-13-10-27/h5-7,14-15H,8-13H2,1-4H3,(H,22,28). The van der Waals surface area contributed by atoms with Crippen LogP contribution < -0.4 is 20.0 Å². The van der Waals surface area contributed by atoms with E-state index in [0.717, 1.165) is 5.69 Å². The minimum atomic E-state index is -0.274. The summed E-state index contributed by atoms with van der Waals surface area (Å²) in [4.78, 5) is 28.2. The first-order valence-corrected chi connectivity index (χ1v) is 9.98. The van der Waals surface area contributed by atoms with Crippen LogP contribution >= 0.6 is 0 Å². The third kappa shape index (κ3) is 5.58. The smallest absolute Gasteiger partial charge is 0.274 e. The molecule has 0 atom stereocenters. The Balaban J connectivity index is 1.87. The number of nitrogens with one attached hydrogen (secondary N) is 1. The van der Waals surface area contributed by atoms with Crippen LogP contribution in [0.3, 0.4) is 0 Å². The van der Waals surface area contributed by atoms with Crippen LogP contribution in [0.5, 0.6) is 0 Å². The Kier molecular flexibility index (Phi) is 7.42. The number of anilines is 4. The SMILES string of the molecule is COCCN(C)c1cc(C(=O)Nc2cccc(N(C)C)c2)nc(N2CCOCC2)n1. The molecule has 1 saturated heterocycles. The summed E-state index contributed by atoms with van der Waals surface area (Å²) in [6.45, 7) is 3.83. The number of ether oxygens (including phenoxy) is 2. The molecule has 9 nitrogen and oxygen atoms in total. The van der Waals surface area contributed by atoms with Crippen molar-refractivity contribution in [3.05, 3.63) is 36.0 Å². The summed E-state index contributed by atoms with van der Waals surface area (Å²) in [7, 11) is 7.50. The highest BCUT2D eigenvalue weighted by Gasteiger charge is 2.20. The molecule has 1 N–H and O–H groups in total. The molecule has 30 heavy (non-hydrogen) atoms. The van der Waals surface area contributed by atoms with Crippen LogP contribution in [0, 0.1) is 0 Å². The van der Waals surface area contributed by atoms with E-state index >= 15 is 0 Å². The van der Waals surface area contributed by atoms with Gasteiger partial charge in [-0.3, -0.25) is 4.79 Å². The van der Waals surface area contributed by atoms with Gasteiger partial charge in [-0.2, -0.15) is 4.98 Å². The van der Waals surface area contributed by atoms with Crippen LogP contribution in [0.15, 0.2) is 30.3 Å². The van der Waals surface area contributed by atoms with Gasteiger partial charge in [-0.15, -0.1) is 0 Å². The monoisotopic (exact) mass is 414 g/mol. The van der Waals surface area contributed by atoms with Crippen LogP contribution in [0.2, 0.25) is 0 Å². The maximum absolute atomic E-state index is 13.0. The second kappa shape index (κ2) is 10.2. The first-order valence-electron chi connectivity index (χ1n) is 9.98. The molecule has 2 aromatic rings. The highest BCUT2D eigenvalue weighted by molar-refractivity contribution is 6.03. The van der Waals surface area contributed by atoms with Gasteiger partial charge < -0.3 is 29.5 Å². The van der Waals surface area contributed by atoms with Gasteiger partial charge in [0.2, 0.25) is 5.95 Å². The highest BCUT2D eigenvalue weighted by Crippen LogP contribution is 2.21. The number of rotatable bonds is 8. The maximum Gasteiger partial charge on any atom is 0.274 e. The molecule has 0 unspecified atom stereocenters. The number of hydrogen-bond acceptors (Lipinski definition) is 8. The van der Waals surface area contributed by atoms with Gasteiger partial charge in [0.25, 0.3) is 5.91 Å². The van der Waals surface area contributed by atoms with Crippen molar-refractivity contribution in [1.82, 2.24) is 9.97 Å². The lowest BCUT2D eigenvalue weighted by molar-refractivity contribution is 0.102. The second-order valence-corrected chi connectivity index (χ2v) is 7.32. The summed E-state index contributed by atoms with van der Waals surface area (Å²) in [5.41, 5.74) is 2.04. The molecule has 1 aliphatic rings. The second-order valence-electron chi connectivity index (χ2n) is 7.32. The Labute approximate surface area is 177 Å². The van der Waals surface area contributed by atoms with Crippen LogP contribution in [0.4, 0.5) is 23.1 Å². The van der Waals surface area contributed by atoms with Crippen molar-refractivity contribution in [1.29, 1.82) is 0 Å². The lowest BCUT2D eigenvalue weighted by Gasteiger charge is -2.28. The van der Waals surface area contributed by atoms with E-state index in [1.807, 2.05) is 60.1 Å². The van der Waals surface area contributed by atoms with Crippen LogP contribution in [-0.2, 0) is 9.47 Å². The largest absolute Gasteiger partial charge is 0.383 e. The van der Waals surface area contributed by atoms with Crippen molar-refractivity contribution >= 4 is 29.0 Å². The summed E-state index contributed by atoms with van der Waals surface area (Å²) in [5, 5.41) is 2.95. The number of amides is 1. The fourth-order valence-electron chi connectivity index (χ4n) is 3.04. The van der Waals surface area contributed by atoms with Gasteiger partial charge in [0.05, 0.1) is 19.8 Å². The number of methoxy groups -OCH3 is 1. The zero-order valence-corrected chi connectivity index (χ0v) is 18.1. The molecule has 0 bridgehead atoms. The van der Waals surface area contributed by atoms with E-state index < -0.39 is 0 Å². The topological polar surface area (TPSA) is 83.1 Å². The quantitative estimate of drug-likeness (QED) is 0.699. The molecule has 1 aromatic carbocycles. The molecule has 0 aliphatic carbocycles. The number of carbonyl (C=O) groups excluding carboxylic acids is 1. The fraction of sp³-hybridized carbons (Fsp3) is 0.476. The lowest BCUT2D eigenvalue weighted by atomic mass is 10.2. The first kappa shape index (κ1) is 21.8. The molecule has 0 saturated carbocycles. The van der Waals surface area contributed by atoms with E-state index in [-0.39, 0.29) is 5.91 Å². The fourth-order valence-corrected chi connectivity index (χ4v) is 3.04. The number of nitrogens with zero attached hydrogens (tertiary/aromatic N) is 5. The van der Waals surface area contributed by atoms with Crippen molar-refractivity contribution < 1.29 is 14.3 Å². The average molecular weight is 415 g/mol. The molecule has 9 heteroatoms. The van der Waals surface area contributed by atoms with Crippen molar-refractivity contribution in [2.24, 2.45) is 0 Å². The molecule has 162 valence electrons. The van der Waals surface area contributed by atoms with Crippen LogP contribution in [-0.4, -0.2) is 83.6 Å². The Morgan fingerprint density at radius 2 is 1.97 bits per heavy atom. The summed E-state index contributed by atoms with van der Waals surface area (Å²) >= 11 is 0. The number of likely N-dealkylation sites (N-methyl/N-ethyl adjacent to an activating group) is 1. The summed E-state index contributed by atoms with van der Waals surface area (Å²) < 4.78 is 10.6. The minimum Gasteiger partial charge on any atom is -0.383 e. The molecule has 3 rings (SSSR count). The Hall–Kier alpha value is -2.91. The van der Waals surface area contributed by atoms with E-state index in [2.05, 4.69) is 15.3 Å². The average Bonchev–Trinajstić information content (AvgIpc) is 2.77. The van der Waals surface area contributed by atoms with E-state index in [9.17, 15) is 4.79 Å². The van der Waals surface area contributed by atoms with Gasteiger partial charge in [-0.25, -0.2) is 4.98 Å². The molecule has 1 fully saturated rings. The molecule has 1 aliphatic heterocycles. The van der Waals surface area contributed by atoms with Gasteiger partial charge >= 0.3 is 0 Å². The van der Waals surface area contributed by atoms with Gasteiger partial charge in [0.1, 0.15) is 11.5 Å². The zero-order valence-electron chi connectivity index (χ0n) is 18.1. The molecule has 0 radical (unpaired) electrons. The van der Waals surface area contributed by atoms with Gasteiger partial charge in [0.15, 0.2) is 0 Å². The molecular weight excluding hydrogens is 384 g/mol. The third-order valence-corrected chi connectivity index (χ3v) is 4.87. The number of benzene rings is 1. The summed E-state index contributed by atoms with van der Waals surface area (Å²) in [5.74, 6) is 0.937. The van der Waals surface area contributed by atoms with Crippen molar-refractivity contribution in [2.45, 2.75) is 0 Å². The van der Waals surface area contributed by atoms with Gasteiger partial charge in [0, 0.05) is 65.3 Å². The summed E-state index contributed by atoms with van der Waals surface area (Å²) in [6.07, 6.45) is 0. The van der Waals surface area contributed by atoms with Crippen LogP contribution in [0.1, 0.15) is 10.5 Å². The molecule has 0 spiro atoms. The number of aromatic nitrogens is 2. The van der Waals surface area contributed by atoms with Gasteiger partial charge in [-0.05, 0) is 18.2 Å². The third-order valence-electron chi connectivity index (χ3n) is 4.87. The van der Waals surface area contributed by atoms with Crippen molar-refractivity contribution in [3.63, 3.8) is 0 Å². The predicted octanol–water partition coefficient (Wildman–Crippen LogP) is 1.71. The Morgan fingerprint density at radius 3 is 2.67 bits per heavy atom. The van der Waals surface area contributed by atoms with E-state index in [4.69, 9.17) is 9.47 Å². The van der Waals surface area contributed by atoms with Crippen LogP contribution in [0.25, 0.3) is 0 Å². The minimum absolute atomic E-state index is 0.274. The first-order chi connectivity index (χ1) is 14.5. The van der Waals surface area contributed by atoms with E-state index in [1.54, 1.807) is 13.2 Å². The Morgan fingerprint density at radius 1 is 1.20 bits per heavy atom. The number of morpholine rings is 1. The molecule has 2 heterocycles. The lowest BCUT2D eigenvalue weighted by Crippen LogP contribution is -2.38. The molecule has 1 amide bonds. The normalized spacial score (nSPS) is 13.8. The Bertz CT molecular complexity index is 854. The summed E-state index contributed by atoms with van der Waals surface area (Å²) in [6, 6.07) is 9.40. The van der Waals surface area contributed by atoms with Crippen molar-refractivity contribution in [3.8, 4) is 0 Å². The van der Waals surface area contributed by atoms with Gasteiger partial charge in [-0.1, -0.05) is 6.07 Å². The number of hydrogen-bond donors (Lipinski definition) is 1. The van der Waals surface area contributed by atoms with E-state index in [1.165, 1.54) is 0 Å². The van der Waals surface area contributed by atoms with Crippen molar-refractivity contribution in [2.75, 3.05) is 87.7 Å². The number of carbonyl (C=O) groups is 1. The zero-order chi connectivity index (χ0) is 21.5.